The monoisotopic (exact) mass is 550 g/mol. The van der Waals surface area contributed by atoms with E-state index in [-0.39, 0.29) is 37.3 Å². The molecule has 2 N–H and O–H groups in total. The first-order valence-electron chi connectivity index (χ1n) is 14.5. The summed E-state index contributed by atoms with van der Waals surface area (Å²) in [6.07, 6.45) is 0. The minimum atomic E-state index is -0.594. The molecule has 0 spiro atoms. The summed E-state index contributed by atoms with van der Waals surface area (Å²) < 4.78 is 11.9. The maximum absolute atomic E-state index is 9.43. The summed E-state index contributed by atoms with van der Waals surface area (Å²) in [6.45, 7) is 13.9. The van der Waals surface area contributed by atoms with Crippen LogP contribution in [0, 0.1) is 0 Å². The van der Waals surface area contributed by atoms with Crippen LogP contribution < -0.4 is 9.47 Å². The van der Waals surface area contributed by atoms with Crippen LogP contribution in [0.5, 0.6) is 11.5 Å². The van der Waals surface area contributed by atoms with E-state index >= 15 is 0 Å². The molecule has 1 aliphatic rings. The van der Waals surface area contributed by atoms with Gasteiger partial charge in [0.1, 0.15) is 24.7 Å². The summed E-state index contributed by atoms with van der Waals surface area (Å²) in [4.78, 5) is 0. The molecule has 0 saturated carbocycles. The van der Waals surface area contributed by atoms with Crippen molar-refractivity contribution in [1.82, 2.24) is 0 Å². The molecule has 0 atom stereocenters. The smallest absolute Gasteiger partial charge is 0.119 e. The zero-order valence-corrected chi connectivity index (χ0v) is 25.1. The topological polar surface area (TPSA) is 58.9 Å². The largest absolute Gasteiger partial charge is 0.491 e. The van der Waals surface area contributed by atoms with Gasteiger partial charge < -0.3 is 19.7 Å². The van der Waals surface area contributed by atoms with E-state index in [1.807, 2.05) is 12.1 Å². The number of aliphatic hydroxyl groups is 2. The lowest BCUT2D eigenvalue weighted by Gasteiger charge is -2.41. The van der Waals surface area contributed by atoms with Crippen LogP contribution in [-0.4, -0.2) is 36.6 Å². The standard InChI is InChI=1S/C37H42O4/c1-35(2,3)33-23-25(40-21-19-38)15-17-31(33)37(29-13-9-7-11-27(29)28-12-8-10-14-30(28)37)32-18-16-26(41-22-20-39)24-34(32)36(4,5)6/h7-18,23-24,38-39H,19-22H2,1-6H3. The molecule has 0 aromatic heterocycles. The van der Waals surface area contributed by atoms with Crippen LogP contribution in [0.2, 0.25) is 0 Å². The molecule has 1 aliphatic carbocycles. The van der Waals surface area contributed by atoms with E-state index in [0.717, 1.165) is 11.5 Å². The van der Waals surface area contributed by atoms with Gasteiger partial charge in [-0.2, -0.15) is 0 Å². The second-order valence-electron chi connectivity index (χ2n) is 12.9. The first-order chi connectivity index (χ1) is 19.5. The van der Waals surface area contributed by atoms with Crippen molar-refractivity contribution in [3.8, 4) is 22.6 Å². The summed E-state index contributed by atoms with van der Waals surface area (Å²) in [5, 5.41) is 18.9. The lowest BCUT2D eigenvalue weighted by atomic mass is 9.61. The molecule has 4 heteroatoms. The Bertz CT molecular complexity index is 1420. The molecule has 0 aliphatic heterocycles. The minimum Gasteiger partial charge on any atom is -0.491 e. The normalized spacial score (nSPS) is 14.0. The quantitative estimate of drug-likeness (QED) is 0.212. The molecule has 41 heavy (non-hydrogen) atoms. The van der Waals surface area contributed by atoms with Gasteiger partial charge in [0.2, 0.25) is 0 Å². The predicted octanol–water partition coefficient (Wildman–Crippen LogP) is 7.39. The van der Waals surface area contributed by atoms with Crippen molar-refractivity contribution in [3.05, 3.63) is 118 Å². The van der Waals surface area contributed by atoms with Gasteiger partial charge in [-0.05, 0) is 79.6 Å². The fraction of sp³-hybridized carbons (Fsp3) is 0.351. The first-order valence-corrected chi connectivity index (χ1v) is 14.5. The predicted molar refractivity (Wildman–Crippen MR) is 166 cm³/mol. The summed E-state index contributed by atoms with van der Waals surface area (Å²) in [6, 6.07) is 30.4. The Balaban J connectivity index is 1.94. The van der Waals surface area contributed by atoms with Gasteiger partial charge in [-0.3, -0.25) is 0 Å². The van der Waals surface area contributed by atoms with Crippen molar-refractivity contribution in [2.75, 3.05) is 26.4 Å². The van der Waals surface area contributed by atoms with Gasteiger partial charge in [-0.1, -0.05) is 102 Å². The molecule has 0 radical (unpaired) electrons. The number of hydrogen-bond acceptors (Lipinski definition) is 4. The SMILES string of the molecule is CC(C)(C)c1cc(OCCO)ccc1C1(c2ccc(OCCO)cc2C(C)(C)C)c2ccccc2-c2ccccc21. The Morgan fingerprint density at radius 1 is 0.537 bits per heavy atom. The van der Waals surface area contributed by atoms with Gasteiger partial charge in [0.25, 0.3) is 0 Å². The van der Waals surface area contributed by atoms with Gasteiger partial charge in [0.15, 0.2) is 0 Å². The number of rotatable bonds is 8. The van der Waals surface area contributed by atoms with E-state index in [9.17, 15) is 10.2 Å². The first kappa shape index (κ1) is 28.9. The lowest BCUT2D eigenvalue weighted by molar-refractivity contribution is 0.201. The Kier molecular flexibility index (Phi) is 7.76. The van der Waals surface area contributed by atoms with Gasteiger partial charge in [0, 0.05) is 0 Å². The van der Waals surface area contributed by atoms with Crippen LogP contribution in [0.3, 0.4) is 0 Å². The molecule has 0 unspecified atom stereocenters. The minimum absolute atomic E-state index is 0.0308. The van der Waals surface area contributed by atoms with E-state index in [2.05, 4.69) is 114 Å². The van der Waals surface area contributed by atoms with Crippen molar-refractivity contribution in [3.63, 3.8) is 0 Å². The van der Waals surface area contributed by atoms with Crippen molar-refractivity contribution in [1.29, 1.82) is 0 Å². The number of hydrogen-bond donors (Lipinski definition) is 2. The third-order valence-corrected chi connectivity index (χ3v) is 8.08. The zero-order chi connectivity index (χ0) is 29.4. The second-order valence-corrected chi connectivity index (χ2v) is 12.9. The molecule has 0 bridgehead atoms. The summed E-state index contributed by atoms with van der Waals surface area (Å²) in [7, 11) is 0. The Labute approximate surface area is 244 Å². The van der Waals surface area contributed by atoms with E-state index in [0.29, 0.717) is 0 Å². The molecular formula is C37H42O4. The molecule has 0 fully saturated rings. The second kappa shape index (κ2) is 11.0. The van der Waals surface area contributed by atoms with Gasteiger partial charge in [0.05, 0.1) is 18.6 Å². The average molecular weight is 551 g/mol. The fourth-order valence-corrected chi connectivity index (χ4v) is 6.41. The molecule has 0 amide bonds. The molecular weight excluding hydrogens is 508 g/mol. The molecule has 4 nitrogen and oxygen atoms in total. The fourth-order valence-electron chi connectivity index (χ4n) is 6.41. The number of fused-ring (bicyclic) bond motifs is 3. The molecule has 5 rings (SSSR count). The van der Waals surface area contributed by atoms with Crippen molar-refractivity contribution >= 4 is 0 Å². The highest BCUT2D eigenvalue weighted by molar-refractivity contribution is 5.87. The van der Waals surface area contributed by atoms with Gasteiger partial charge in [-0.15, -0.1) is 0 Å². The van der Waals surface area contributed by atoms with Crippen molar-refractivity contribution in [2.24, 2.45) is 0 Å². The molecule has 4 aromatic carbocycles. The maximum Gasteiger partial charge on any atom is 0.119 e. The number of ether oxygens (including phenoxy) is 2. The third kappa shape index (κ3) is 5.05. The van der Waals surface area contributed by atoms with Gasteiger partial charge >= 0.3 is 0 Å². The van der Waals surface area contributed by atoms with Crippen LogP contribution in [0.4, 0.5) is 0 Å². The van der Waals surface area contributed by atoms with Gasteiger partial charge in [-0.25, -0.2) is 0 Å². The lowest BCUT2D eigenvalue weighted by Crippen LogP contribution is -2.35. The van der Waals surface area contributed by atoms with Crippen LogP contribution in [0.15, 0.2) is 84.9 Å². The molecule has 0 saturated heterocycles. The number of benzene rings is 4. The van der Waals surface area contributed by atoms with Crippen LogP contribution >= 0.6 is 0 Å². The highest BCUT2D eigenvalue weighted by atomic mass is 16.5. The Morgan fingerprint density at radius 2 is 0.927 bits per heavy atom. The Morgan fingerprint density at radius 3 is 1.29 bits per heavy atom. The van der Waals surface area contributed by atoms with E-state index < -0.39 is 5.41 Å². The van der Waals surface area contributed by atoms with Crippen LogP contribution in [0.1, 0.15) is 74.9 Å². The molecule has 4 aromatic rings. The van der Waals surface area contributed by atoms with E-state index in [1.165, 1.54) is 44.5 Å². The highest BCUT2D eigenvalue weighted by Gasteiger charge is 2.49. The third-order valence-electron chi connectivity index (χ3n) is 8.08. The van der Waals surface area contributed by atoms with Crippen molar-refractivity contribution in [2.45, 2.75) is 57.8 Å². The van der Waals surface area contributed by atoms with Crippen LogP contribution in [0.25, 0.3) is 11.1 Å². The molecule has 214 valence electrons. The maximum atomic E-state index is 9.43. The summed E-state index contributed by atoms with van der Waals surface area (Å²) in [5.74, 6) is 1.51. The average Bonchev–Trinajstić information content (AvgIpc) is 3.25. The summed E-state index contributed by atoms with van der Waals surface area (Å²) in [5.41, 5.74) is 8.83. The van der Waals surface area contributed by atoms with E-state index in [4.69, 9.17) is 9.47 Å². The number of aliphatic hydroxyl groups excluding tert-OH is 2. The van der Waals surface area contributed by atoms with E-state index in [1.54, 1.807) is 0 Å². The molecule has 0 heterocycles. The van der Waals surface area contributed by atoms with Crippen LogP contribution in [-0.2, 0) is 16.2 Å². The highest BCUT2D eigenvalue weighted by Crippen LogP contribution is 2.59. The summed E-state index contributed by atoms with van der Waals surface area (Å²) >= 11 is 0. The Hall–Kier alpha value is -3.60. The van der Waals surface area contributed by atoms with Crippen molar-refractivity contribution < 1.29 is 19.7 Å². The zero-order valence-electron chi connectivity index (χ0n) is 25.1.